The maximum Gasteiger partial charge on any atom is 0.223 e. The van der Waals surface area contributed by atoms with Crippen LogP contribution in [0, 0.1) is 17.6 Å². The molecule has 34 heavy (non-hydrogen) atoms. The first-order chi connectivity index (χ1) is 16.2. The second-order valence-electron chi connectivity index (χ2n) is 9.69. The number of carbonyl (C=O) groups is 1. The molecule has 2 aromatic rings. The molecule has 0 spiro atoms. The van der Waals surface area contributed by atoms with E-state index >= 15 is 8.78 Å². The molecule has 2 aromatic carbocycles. The van der Waals surface area contributed by atoms with Crippen LogP contribution in [-0.2, 0) is 31.3 Å². The van der Waals surface area contributed by atoms with Crippen LogP contribution in [0.5, 0.6) is 0 Å². The van der Waals surface area contributed by atoms with Crippen molar-refractivity contribution in [1.29, 1.82) is 0 Å². The predicted molar refractivity (Wildman–Crippen MR) is 123 cm³/mol. The molecule has 2 aliphatic heterocycles. The molecular weight excluding hydrogens is 462 g/mol. The molecule has 3 fully saturated rings. The van der Waals surface area contributed by atoms with Crippen molar-refractivity contribution in [3.63, 3.8) is 0 Å². The van der Waals surface area contributed by atoms with E-state index in [1.807, 2.05) is 6.07 Å². The van der Waals surface area contributed by atoms with Gasteiger partial charge in [0, 0.05) is 24.1 Å². The van der Waals surface area contributed by atoms with Crippen molar-refractivity contribution in [3.8, 4) is 0 Å². The Labute approximate surface area is 198 Å². The molecule has 0 aromatic heterocycles. The number of amides is 1. The number of rotatable bonds is 6. The highest BCUT2D eigenvalue weighted by molar-refractivity contribution is 7.92. The zero-order chi connectivity index (χ0) is 24.1. The summed E-state index contributed by atoms with van der Waals surface area (Å²) in [7, 11) is -3.67. The Balaban J connectivity index is 1.42. The van der Waals surface area contributed by atoms with Crippen molar-refractivity contribution in [2.75, 3.05) is 19.8 Å². The summed E-state index contributed by atoms with van der Waals surface area (Å²) in [5, 5.41) is 4.40. The number of ether oxygens (including phenoxy) is 1. The molecule has 9 heteroatoms. The van der Waals surface area contributed by atoms with Crippen LogP contribution in [0.4, 0.5) is 8.78 Å². The average molecular weight is 491 g/mol. The minimum Gasteiger partial charge on any atom is -0.376 e. The standard InChI is InChI=1S/C25H28F2N2O4S/c1-15-22(34(31,32)23(12-28-15)16-5-3-2-4-6-16)10-18-9-21(27)19(11-20(18)26)25(13-33-14-25)29-24(30)17-7-8-17/h2-6,9,11,15,17,22-23,28H,7-8,10,12-14H2,1H3,(H,29,30)/t15-,22?,23-/m0/s1. The molecule has 1 amide bonds. The van der Waals surface area contributed by atoms with Gasteiger partial charge in [-0.25, -0.2) is 17.2 Å². The number of hydrogen-bond donors (Lipinski definition) is 2. The SMILES string of the molecule is C[C@@H]1NC[C@@H](c2ccccc2)S(=O)(=O)C1Cc1cc(F)c(C2(NC(=O)C3CC3)COC2)cc1F. The quantitative estimate of drug-likeness (QED) is 0.651. The second kappa shape index (κ2) is 8.70. The van der Waals surface area contributed by atoms with E-state index in [0.29, 0.717) is 5.56 Å². The van der Waals surface area contributed by atoms with Gasteiger partial charge in [0.25, 0.3) is 0 Å². The Morgan fingerprint density at radius 2 is 1.85 bits per heavy atom. The molecule has 3 atom stereocenters. The monoisotopic (exact) mass is 490 g/mol. The fraction of sp³-hybridized carbons (Fsp3) is 0.480. The predicted octanol–water partition coefficient (Wildman–Crippen LogP) is 2.78. The lowest BCUT2D eigenvalue weighted by atomic mass is 9.86. The van der Waals surface area contributed by atoms with Crippen LogP contribution in [0.15, 0.2) is 42.5 Å². The van der Waals surface area contributed by atoms with Crippen LogP contribution in [-0.4, -0.2) is 45.4 Å². The summed E-state index contributed by atoms with van der Waals surface area (Å²) < 4.78 is 62.7. The minimum atomic E-state index is -3.67. The van der Waals surface area contributed by atoms with E-state index in [0.717, 1.165) is 25.0 Å². The minimum absolute atomic E-state index is 0.00102. The summed E-state index contributed by atoms with van der Waals surface area (Å²) in [6, 6.07) is 10.7. The third-order valence-electron chi connectivity index (χ3n) is 7.25. The zero-order valence-corrected chi connectivity index (χ0v) is 19.7. The van der Waals surface area contributed by atoms with Crippen molar-refractivity contribution >= 4 is 15.7 Å². The molecule has 5 rings (SSSR count). The molecule has 1 saturated carbocycles. The first-order valence-electron chi connectivity index (χ1n) is 11.6. The van der Waals surface area contributed by atoms with Crippen molar-refractivity contribution in [1.82, 2.24) is 10.6 Å². The summed E-state index contributed by atoms with van der Waals surface area (Å²) in [5.74, 6) is -1.61. The van der Waals surface area contributed by atoms with Gasteiger partial charge in [0.1, 0.15) is 17.2 Å². The van der Waals surface area contributed by atoms with E-state index < -0.39 is 43.6 Å². The highest BCUT2D eigenvalue weighted by Crippen LogP contribution is 2.37. The molecule has 2 saturated heterocycles. The molecule has 1 unspecified atom stereocenters. The highest BCUT2D eigenvalue weighted by Gasteiger charge is 2.47. The van der Waals surface area contributed by atoms with Gasteiger partial charge in [-0.3, -0.25) is 4.79 Å². The molecule has 2 N–H and O–H groups in total. The number of nitrogens with one attached hydrogen (secondary N) is 2. The van der Waals surface area contributed by atoms with Crippen LogP contribution in [0.25, 0.3) is 0 Å². The van der Waals surface area contributed by atoms with Crippen molar-refractivity contribution in [2.45, 2.75) is 48.3 Å². The lowest BCUT2D eigenvalue weighted by Crippen LogP contribution is -2.60. The summed E-state index contributed by atoms with van der Waals surface area (Å²) in [4.78, 5) is 12.3. The molecule has 1 aliphatic carbocycles. The second-order valence-corrected chi connectivity index (χ2v) is 12.0. The molecule has 6 nitrogen and oxygen atoms in total. The normalized spacial score (nSPS) is 27.6. The van der Waals surface area contributed by atoms with E-state index in [2.05, 4.69) is 10.6 Å². The number of halogens is 2. The van der Waals surface area contributed by atoms with Gasteiger partial charge in [-0.2, -0.15) is 0 Å². The Morgan fingerprint density at radius 1 is 1.15 bits per heavy atom. The first kappa shape index (κ1) is 23.4. The Kier molecular flexibility index (Phi) is 5.98. The summed E-state index contributed by atoms with van der Waals surface area (Å²) in [6.07, 6.45) is 1.44. The topological polar surface area (TPSA) is 84.5 Å². The van der Waals surface area contributed by atoms with Gasteiger partial charge in [0.15, 0.2) is 9.84 Å². The third-order valence-corrected chi connectivity index (χ3v) is 9.90. The number of carbonyl (C=O) groups excluding carboxylic acids is 1. The van der Waals surface area contributed by atoms with Gasteiger partial charge in [-0.05, 0) is 49.4 Å². The third kappa shape index (κ3) is 4.14. The zero-order valence-electron chi connectivity index (χ0n) is 18.9. The van der Waals surface area contributed by atoms with Gasteiger partial charge in [0.05, 0.1) is 23.7 Å². The average Bonchev–Trinajstić information content (AvgIpc) is 3.62. The van der Waals surface area contributed by atoms with Crippen LogP contribution in [0.2, 0.25) is 0 Å². The van der Waals surface area contributed by atoms with Crippen LogP contribution < -0.4 is 10.6 Å². The van der Waals surface area contributed by atoms with Gasteiger partial charge in [-0.1, -0.05) is 30.3 Å². The maximum atomic E-state index is 15.3. The van der Waals surface area contributed by atoms with Gasteiger partial charge in [-0.15, -0.1) is 0 Å². The molecule has 2 heterocycles. The summed E-state index contributed by atoms with van der Waals surface area (Å²) in [6.45, 7) is 2.15. The number of hydrogen-bond acceptors (Lipinski definition) is 5. The first-order valence-corrected chi connectivity index (χ1v) is 13.2. The van der Waals surface area contributed by atoms with E-state index in [1.165, 1.54) is 0 Å². The largest absolute Gasteiger partial charge is 0.376 e. The lowest BCUT2D eigenvalue weighted by Gasteiger charge is -2.42. The van der Waals surface area contributed by atoms with Crippen molar-refractivity contribution in [2.24, 2.45) is 5.92 Å². The van der Waals surface area contributed by atoms with Gasteiger partial charge >= 0.3 is 0 Å². The summed E-state index contributed by atoms with van der Waals surface area (Å²) in [5.41, 5.74) is -0.380. The van der Waals surface area contributed by atoms with Crippen LogP contribution in [0.1, 0.15) is 41.7 Å². The van der Waals surface area contributed by atoms with E-state index in [4.69, 9.17) is 4.74 Å². The van der Waals surface area contributed by atoms with E-state index in [1.54, 1.807) is 31.2 Å². The number of benzene rings is 2. The van der Waals surface area contributed by atoms with Crippen LogP contribution in [0.3, 0.4) is 0 Å². The molecule has 3 aliphatic rings. The summed E-state index contributed by atoms with van der Waals surface area (Å²) >= 11 is 0. The smallest absolute Gasteiger partial charge is 0.223 e. The fourth-order valence-electron chi connectivity index (χ4n) is 4.92. The molecular formula is C25H28F2N2O4S. The maximum absolute atomic E-state index is 15.3. The molecule has 0 radical (unpaired) electrons. The van der Waals surface area contributed by atoms with Gasteiger partial charge in [0.2, 0.25) is 5.91 Å². The lowest BCUT2D eigenvalue weighted by molar-refractivity contribution is -0.135. The van der Waals surface area contributed by atoms with Gasteiger partial charge < -0.3 is 15.4 Å². The fourth-order valence-corrected chi connectivity index (χ4v) is 7.28. The number of sulfone groups is 1. The van der Waals surface area contributed by atoms with Crippen molar-refractivity contribution < 1.29 is 26.7 Å². The van der Waals surface area contributed by atoms with E-state index in [9.17, 15) is 13.2 Å². The van der Waals surface area contributed by atoms with Crippen LogP contribution >= 0.6 is 0 Å². The van der Waals surface area contributed by atoms with E-state index in [-0.39, 0.29) is 49.1 Å². The Bertz CT molecular complexity index is 1200. The van der Waals surface area contributed by atoms with Crippen molar-refractivity contribution in [3.05, 3.63) is 70.8 Å². The Hall–Kier alpha value is -2.36. The highest BCUT2D eigenvalue weighted by atomic mass is 32.2. The Morgan fingerprint density at radius 3 is 2.47 bits per heavy atom. The molecule has 0 bridgehead atoms. The molecule has 182 valence electrons.